The Labute approximate surface area is 106 Å². The molecule has 1 fully saturated rings. The summed E-state index contributed by atoms with van der Waals surface area (Å²) in [7, 11) is 0. The smallest absolute Gasteiger partial charge is 0.305 e. The van der Waals surface area contributed by atoms with Crippen molar-refractivity contribution in [2.45, 2.75) is 39.2 Å². The summed E-state index contributed by atoms with van der Waals surface area (Å²) in [6, 6.07) is 0.357. The molecule has 0 aliphatic heterocycles. The van der Waals surface area contributed by atoms with Crippen LogP contribution in [0.15, 0.2) is 12.4 Å². The molecule has 0 aromatic carbocycles. The van der Waals surface area contributed by atoms with Crippen LogP contribution in [0.5, 0.6) is 0 Å². The maximum absolute atomic E-state index is 10.5. The maximum Gasteiger partial charge on any atom is 0.305 e. The van der Waals surface area contributed by atoms with Gasteiger partial charge in [-0.2, -0.15) is 0 Å². The van der Waals surface area contributed by atoms with Gasteiger partial charge in [0.25, 0.3) is 0 Å². The zero-order valence-electron chi connectivity index (χ0n) is 10.7. The van der Waals surface area contributed by atoms with Crippen LogP contribution >= 0.6 is 0 Å². The number of nitrogens with zero attached hydrogens (tertiary/aromatic N) is 3. The van der Waals surface area contributed by atoms with Crippen molar-refractivity contribution >= 4 is 11.6 Å². The second-order valence-corrected chi connectivity index (χ2v) is 5.04. The van der Waals surface area contributed by atoms with E-state index in [2.05, 4.69) is 29.1 Å². The van der Waals surface area contributed by atoms with Crippen LogP contribution < -0.4 is 5.32 Å². The van der Waals surface area contributed by atoms with E-state index in [1.165, 1.54) is 25.2 Å². The highest BCUT2D eigenvalue weighted by Crippen LogP contribution is 2.30. The Morgan fingerprint density at radius 1 is 1.33 bits per heavy atom. The van der Waals surface area contributed by atoms with E-state index in [4.69, 9.17) is 0 Å². The Morgan fingerprint density at radius 2 is 2.00 bits per heavy atom. The van der Waals surface area contributed by atoms with Gasteiger partial charge < -0.3 is 5.32 Å². The van der Waals surface area contributed by atoms with Crippen LogP contribution in [-0.4, -0.2) is 20.9 Å². The van der Waals surface area contributed by atoms with Gasteiger partial charge in [0.1, 0.15) is 12.4 Å². The number of hydrogen-bond donors (Lipinski definition) is 1. The summed E-state index contributed by atoms with van der Waals surface area (Å²) in [6.07, 6.45) is 6.06. The third-order valence-electron chi connectivity index (χ3n) is 3.87. The average Bonchev–Trinajstić information content (AvgIpc) is 2.36. The highest BCUT2D eigenvalue weighted by molar-refractivity contribution is 5.31. The zero-order chi connectivity index (χ0) is 13.1. The monoisotopic (exact) mass is 250 g/mol. The van der Waals surface area contributed by atoms with Gasteiger partial charge >= 0.3 is 5.69 Å². The molecular weight excluding hydrogens is 232 g/mol. The van der Waals surface area contributed by atoms with E-state index in [0.29, 0.717) is 23.8 Å². The number of nitrogens with one attached hydrogen (secondary N) is 1. The molecule has 0 radical (unpaired) electrons. The molecule has 1 aromatic heterocycles. The molecule has 1 saturated carbocycles. The van der Waals surface area contributed by atoms with Crippen LogP contribution in [0.25, 0.3) is 0 Å². The van der Waals surface area contributed by atoms with E-state index >= 15 is 0 Å². The molecule has 6 heteroatoms. The molecule has 3 atom stereocenters. The summed E-state index contributed by atoms with van der Waals surface area (Å²) < 4.78 is 0. The van der Waals surface area contributed by atoms with Crippen LogP contribution in [0.1, 0.15) is 33.1 Å². The predicted octanol–water partition coefficient (Wildman–Crippen LogP) is 2.62. The molecule has 1 aromatic rings. The molecule has 3 unspecified atom stereocenters. The van der Waals surface area contributed by atoms with E-state index in [-0.39, 0.29) is 5.69 Å². The quantitative estimate of drug-likeness (QED) is 0.658. The molecular formula is C12H18N4O2. The molecule has 0 amide bonds. The summed E-state index contributed by atoms with van der Waals surface area (Å²) in [4.78, 5) is 18.0. The van der Waals surface area contributed by atoms with Crippen molar-refractivity contribution in [1.82, 2.24) is 9.97 Å². The van der Waals surface area contributed by atoms with Crippen LogP contribution in [-0.2, 0) is 0 Å². The van der Waals surface area contributed by atoms with Crippen molar-refractivity contribution in [3.05, 3.63) is 22.5 Å². The Bertz CT molecular complexity index is 421. The van der Waals surface area contributed by atoms with Crippen molar-refractivity contribution in [2.24, 2.45) is 11.8 Å². The second kappa shape index (κ2) is 5.29. The fourth-order valence-corrected chi connectivity index (χ4v) is 2.44. The predicted molar refractivity (Wildman–Crippen MR) is 68.3 cm³/mol. The van der Waals surface area contributed by atoms with Crippen LogP contribution in [0.4, 0.5) is 11.6 Å². The summed E-state index contributed by atoms with van der Waals surface area (Å²) in [5.74, 6) is 1.73. The van der Waals surface area contributed by atoms with Gasteiger partial charge in [-0.3, -0.25) is 10.1 Å². The lowest BCUT2D eigenvalue weighted by Gasteiger charge is -2.34. The summed E-state index contributed by atoms with van der Waals surface area (Å²) >= 11 is 0. The minimum Gasteiger partial charge on any atom is -0.351 e. The van der Waals surface area contributed by atoms with Gasteiger partial charge in [-0.05, 0) is 18.3 Å². The molecule has 0 spiro atoms. The first kappa shape index (κ1) is 12.7. The SMILES string of the molecule is CC1CCCC(Nc2ncc([N+](=O)[O-])cn2)C1C. The lowest BCUT2D eigenvalue weighted by Crippen LogP contribution is -2.35. The maximum atomic E-state index is 10.5. The zero-order valence-corrected chi connectivity index (χ0v) is 10.7. The lowest BCUT2D eigenvalue weighted by molar-refractivity contribution is -0.385. The Kier molecular flexibility index (Phi) is 3.74. The fourth-order valence-electron chi connectivity index (χ4n) is 2.44. The van der Waals surface area contributed by atoms with Gasteiger partial charge in [0.05, 0.1) is 4.92 Å². The number of hydrogen-bond acceptors (Lipinski definition) is 5. The van der Waals surface area contributed by atoms with Crippen molar-refractivity contribution in [3.63, 3.8) is 0 Å². The molecule has 0 saturated heterocycles. The Hall–Kier alpha value is -1.72. The topological polar surface area (TPSA) is 81.0 Å². The van der Waals surface area contributed by atoms with Gasteiger partial charge in [0.2, 0.25) is 5.95 Å². The van der Waals surface area contributed by atoms with Crippen LogP contribution in [0, 0.1) is 22.0 Å². The van der Waals surface area contributed by atoms with Crippen molar-refractivity contribution in [1.29, 1.82) is 0 Å². The third-order valence-corrected chi connectivity index (χ3v) is 3.87. The number of rotatable bonds is 3. The second-order valence-electron chi connectivity index (χ2n) is 5.04. The highest BCUT2D eigenvalue weighted by Gasteiger charge is 2.27. The summed E-state index contributed by atoms with van der Waals surface area (Å²) in [6.45, 7) is 4.49. The molecule has 1 heterocycles. The molecule has 6 nitrogen and oxygen atoms in total. The number of aromatic nitrogens is 2. The van der Waals surface area contributed by atoms with Crippen molar-refractivity contribution in [2.75, 3.05) is 5.32 Å². The van der Waals surface area contributed by atoms with Gasteiger partial charge in [-0.15, -0.1) is 0 Å². The van der Waals surface area contributed by atoms with Gasteiger partial charge in [0, 0.05) is 6.04 Å². The van der Waals surface area contributed by atoms with Crippen LogP contribution in [0.2, 0.25) is 0 Å². The molecule has 98 valence electrons. The molecule has 2 rings (SSSR count). The van der Waals surface area contributed by atoms with E-state index in [1.807, 2.05) is 0 Å². The standard InChI is InChI=1S/C12H18N4O2/c1-8-4-3-5-11(9(8)2)15-12-13-6-10(7-14-12)16(17)18/h6-9,11H,3-5H2,1-2H3,(H,13,14,15). The van der Waals surface area contributed by atoms with Gasteiger partial charge in [0.15, 0.2) is 0 Å². The Balaban J connectivity index is 2.02. The minimum absolute atomic E-state index is 0.0781. The minimum atomic E-state index is -0.491. The van der Waals surface area contributed by atoms with E-state index in [1.54, 1.807) is 0 Å². The molecule has 18 heavy (non-hydrogen) atoms. The molecule has 0 bridgehead atoms. The largest absolute Gasteiger partial charge is 0.351 e. The normalized spacial score (nSPS) is 27.8. The Morgan fingerprint density at radius 3 is 2.61 bits per heavy atom. The van der Waals surface area contributed by atoms with Crippen molar-refractivity contribution < 1.29 is 4.92 Å². The summed E-state index contributed by atoms with van der Waals surface area (Å²) in [5.41, 5.74) is -0.0781. The van der Waals surface area contributed by atoms with E-state index in [0.717, 1.165) is 6.42 Å². The first-order chi connectivity index (χ1) is 8.58. The first-order valence-electron chi connectivity index (χ1n) is 6.31. The van der Waals surface area contributed by atoms with Gasteiger partial charge in [-0.1, -0.05) is 26.7 Å². The molecule has 1 N–H and O–H groups in total. The summed E-state index contributed by atoms with van der Waals surface area (Å²) in [5, 5.41) is 13.8. The average molecular weight is 250 g/mol. The molecule has 1 aliphatic rings. The molecule has 1 aliphatic carbocycles. The lowest BCUT2D eigenvalue weighted by atomic mass is 9.78. The number of nitro groups is 1. The van der Waals surface area contributed by atoms with Gasteiger partial charge in [-0.25, -0.2) is 9.97 Å². The fraction of sp³-hybridized carbons (Fsp3) is 0.667. The van der Waals surface area contributed by atoms with Crippen molar-refractivity contribution in [3.8, 4) is 0 Å². The highest BCUT2D eigenvalue weighted by atomic mass is 16.6. The third kappa shape index (κ3) is 2.75. The van der Waals surface area contributed by atoms with Crippen LogP contribution in [0.3, 0.4) is 0 Å². The first-order valence-corrected chi connectivity index (χ1v) is 6.31. The van der Waals surface area contributed by atoms with E-state index in [9.17, 15) is 10.1 Å². The van der Waals surface area contributed by atoms with E-state index < -0.39 is 4.92 Å². The number of anilines is 1.